The number of ether oxygens (including phenoxy) is 2. The van der Waals surface area contributed by atoms with Crippen molar-refractivity contribution in [3.8, 4) is 11.6 Å². The third-order valence-electron chi connectivity index (χ3n) is 2.45. The second-order valence-electron chi connectivity index (χ2n) is 3.78. The van der Waals surface area contributed by atoms with Crippen LogP contribution in [-0.2, 0) is 16.0 Å². The lowest BCUT2D eigenvalue weighted by Gasteiger charge is -2.09. The second kappa shape index (κ2) is 6.20. The van der Waals surface area contributed by atoms with Gasteiger partial charge in [-0.25, -0.2) is 4.98 Å². The maximum atomic E-state index is 11.3. The molecule has 98 valence electrons. The van der Waals surface area contributed by atoms with Crippen LogP contribution < -0.4 is 4.74 Å². The van der Waals surface area contributed by atoms with Crippen LogP contribution in [0.15, 0.2) is 42.6 Å². The fourth-order valence-corrected chi connectivity index (χ4v) is 1.62. The van der Waals surface area contributed by atoms with E-state index in [1.165, 1.54) is 13.3 Å². The second-order valence-corrected chi connectivity index (χ2v) is 4.21. The lowest BCUT2D eigenvalue weighted by atomic mass is 10.1. The monoisotopic (exact) mass is 277 g/mol. The third-order valence-corrected chi connectivity index (χ3v) is 2.67. The number of hydrogen-bond donors (Lipinski definition) is 0. The Balaban J connectivity index is 2.20. The van der Waals surface area contributed by atoms with Crippen molar-refractivity contribution in [1.29, 1.82) is 0 Å². The van der Waals surface area contributed by atoms with Crippen LogP contribution in [0, 0.1) is 0 Å². The van der Waals surface area contributed by atoms with Gasteiger partial charge in [0.15, 0.2) is 0 Å². The molecule has 0 aliphatic carbocycles. The summed E-state index contributed by atoms with van der Waals surface area (Å²) in [6, 6.07) is 10.6. The summed E-state index contributed by atoms with van der Waals surface area (Å²) in [4.78, 5) is 15.4. The quantitative estimate of drug-likeness (QED) is 0.805. The number of pyridine rings is 1. The molecule has 0 bridgehead atoms. The van der Waals surface area contributed by atoms with Crippen LogP contribution in [0.1, 0.15) is 5.56 Å². The molecule has 0 amide bonds. The first-order chi connectivity index (χ1) is 9.19. The number of esters is 1. The van der Waals surface area contributed by atoms with Gasteiger partial charge in [0.2, 0.25) is 5.88 Å². The minimum Gasteiger partial charge on any atom is -0.469 e. The molecule has 0 spiro atoms. The Labute approximate surface area is 115 Å². The predicted molar refractivity (Wildman–Crippen MR) is 71.5 cm³/mol. The molecule has 5 heteroatoms. The highest BCUT2D eigenvalue weighted by Gasteiger charge is 2.09. The van der Waals surface area contributed by atoms with E-state index in [1.807, 2.05) is 18.2 Å². The molecule has 2 rings (SSSR count). The zero-order valence-electron chi connectivity index (χ0n) is 10.3. The standard InChI is InChI=1S/C14H12ClNO3/c1-18-14(17)8-10-4-2-3-5-12(10)19-13-7-6-11(15)9-16-13/h2-7,9H,8H2,1H3. The van der Waals surface area contributed by atoms with E-state index in [4.69, 9.17) is 16.3 Å². The van der Waals surface area contributed by atoms with E-state index in [1.54, 1.807) is 18.2 Å². The van der Waals surface area contributed by atoms with Crippen molar-refractivity contribution in [2.45, 2.75) is 6.42 Å². The lowest BCUT2D eigenvalue weighted by Crippen LogP contribution is -2.05. The van der Waals surface area contributed by atoms with Gasteiger partial charge >= 0.3 is 5.97 Å². The molecule has 0 saturated heterocycles. The summed E-state index contributed by atoms with van der Waals surface area (Å²) in [5, 5.41) is 0.537. The summed E-state index contributed by atoms with van der Waals surface area (Å²) in [5.41, 5.74) is 0.742. The maximum Gasteiger partial charge on any atom is 0.310 e. The Morgan fingerprint density at radius 2 is 2.05 bits per heavy atom. The molecular formula is C14H12ClNO3. The highest BCUT2D eigenvalue weighted by atomic mass is 35.5. The number of nitrogens with zero attached hydrogens (tertiary/aromatic N) is 1. The number of aromatic nitrogens is 1. The largest absolute Gasteiger partial charge is 0.469 e. The number of rotatable bonds is 4. The van der Waals surface area contributed by atoms with Crippen LogP contribution in [0.3, 0.4) is 0 Å². The normalized spacial score (nSPS) is 10.0. The molecule has 0 N–H and O–H groups in total. The summed E-state index contributed by atoms with van der Waals surface area (Å²) in [7, 11) is 1.35. The predicted octanol–water partition coefficient (Wildman–Crippen LogP) is 3.24. The highest BCUT2D eigenvalue weighted by molar-refractivity contribution is 6.30. The van der Waals surface area contributed by atoms with Gasteiger partial charge in [0.25, 0.3) is 0 Å². The topological polar surface area (TPSA) is 48.4 Å². The summed E-state index contributed by atoms with van der Waals surface area (Å²) >= 11 is 5.75. The Hall–Kier alpha value is -2.07. The summed E-state index contributed by atoms with van der Waals surface area (Å²) < 4.78 is 10.3. The molecule has 0 aliphatic heterocycles. The van der Waals surface area contributed by atoms with Gasteiger partial charge in [0.05, 0.1) is 18.6 Å². The van der Waals surface area contributed by atoms with Crippen LogP contribution in [0.4, 0.5) is 0 Å². The first-order valence-electron chi connectivity index (χ1n) is 5.63. The van der Waals surface area contributed by atoms with E-state index in [9.17, 15) is 4.79 Å². The molecule has 1 aromatic carbocycles. The molecule has 0 unspecified atom stereocenters. The molecule has 0 fully saturated rings. The summed E-state index contributed by atoms with van der Waals surface area (Å²) in [6.45, 7) is 0. The van der Waals surface area contributed by atoms with E-state index in [0.29, 0.717) is 16.7 Å². The van der Waals surface area contributed by atoms with E-state index in [0.717, 1.165) is 5.56 Å². The number of benzene rings is 1. The third kappa shape index (κ3) is 3.69. The molecular weight excluding hydrogens is 266 g/mol. The van der Waals surface area contributed by atoms with Crippen LogP contribution in [0.25, 0.3) is 0 Å². The van der Waals surface area contributed by atoms with Gasteiger partial charge in [-0.1, -0.05) is 29.8 Å². The van der Waals surface area contributed by atoms with Crippen LogP contribution in [0.5, 0.6) is 11.6 Å². The lowest BCUT2D eigenvalue weighted by molar-refractivity contribution is -0.139. The van der Waals surface area contributed by atoms with Crippen molar-refractivity contribution < 1.29 is 14.3 Å². The average molecular weight is 278 g/mol. The fourth-order valence-electron chi connectivity index (χ4n) is 1.51. The zero-order chi connectivity index (χ0) is 13.7. The Morgan fingerprint density at radius 3 is 2.74 bits per heavy atom. The number of para-hydroxylation sites is 1. The maximum absolute atomic E-state index is 11.3. The molecule has 19 heavy (non-hydrogen) atoms. The molecule has 0 radical (unpaired) electrons. The van der Waals surface area contributed by atoms with Gasteiger partial charge in [-0.05, 0) is 12.1 Å². The molecule has 0 aliphatic rings. The van der Waals surface area contributed by atoms with Crippen molar-refractivity contribution in [1.82, 2.24) is 4.98 Å². The summed E-state index contributed by atoms with van der Waals surface area (Å²) in [5.74, 6) is 0.671. The Morgan fingerprint density at radius 1 is 1.26 bits per heavy atom. The molecule has 2 aromatic rings. The van der Waals surface area contributed by atoms with Crippen LogP contribution >= 0.6 is 11.6 Å². The minimum atomic E-state index is -0.319. The van der Waals surface area contributed by atoms with Gasteiger partial charge in [-0.3, -0.25) is 4.79 Å². The van der Waals surface area contributed by atoms with Gasteiger partial charge in [-0.2, -0.15) is 0 Å². The van der Waals surface area contributed by atoms with E-state index < -0.39 is 0 Å². The van der Waals surface area contributed by atoms with Crippen LogP contribution in [-0.4, -0.2) is 18.1 Å². The Bertz CT molecular complexity index is 569. The number of methoxy groups -OCH3 is 1. The molecule has 0 saturated carbocycles. The molecule has 1 heterocycles. The SMILES string of the molecule is COC(=O)Cc1ccccc1Oc1ccc(Cl)cn1. The molecule has 4 nitrogen and oxygen atoms in total. The minimum absolute atomic E-state index is 0.153. The number of carbonyl (C=O) groups excluding carboxylic acids is 1. The van der Waals surface area contributed by atoms with E-state index >= 15 is 0 Å². The Kier molecular flexibility index (Phi) is 4.36. The number of hydrogen-bond acceptors (Lipinski definition) is 4. The van der Waals surface area contributed by atoms with Crippen molar-refractivity contribution in [3.63, 3.8) is 0 Å². The van der Waals surface area contributed by atoms with Crippen molar-refractivity contribution in [3.05, 3.63) is 53.2 Å². The number of carbonyl (C=O) groups is 1. The van der Waals surface area contributed by atoms with Crippen molar-refractivity contribution in [2.75, 3.05) is 7.11 Å². The molecule has 1 aromatic heterocycles. The smallest absolute Gasteiger partial charge is 0.310 e. The van der Waals surface area contributed by atoms with Gasteiger partial charge < -0.3 is 9.47 Å². The van der Waals surface area contributed by atoms with Crippen molar-refractivity contribution in [2.24, 2.45) is 0 Å². The van der Waals surface area contributed by atoms with Crippen molar-refractivity contribution >= 4 is 17.6 Å². The van der Waals surface area contributed by atoms with Gasteiger partial charge in [0, 0.05) is 17.8 Å². The van der Waals surface area contributed by atoms with Gasteiger partial charge in [0.1, 0.15) is 5.75 Å². The number of halogens is 1. The van der Waals surface area contributed by atoms with Crippen LogP contribution in [0.2, 0.25) is 5.02 Å². The highest BCUT2D eigenvalue weighted by Crippen LogP contribution is 2.25. The first kappa shape index (κ1) is 13.4. The zero-order valence-corrected chi connectivity index (χ0v) is 11.1. The fraction of sp³-hybridized carbons (Fsp3) is 0.143. The van der Waals surface area contributed by atoms with Gasteiger partial charge in [-0.15, -0.1) is 0 Å². The van der Waals surface area contributed by atoms with E-state index in [-0.39, 0.29) is 12.4 Å². The first-order valence-corrected chi connectivity index (χ1v) is 6.01. The van der Waals surface area contributed by atoms with E-state index in [2.05, 4.69) is 9.72 Å². The average Bonchev–Trinajstić information content (AvgIpc) is 2.43. The molecule has 0 atom stereocenters. The summed E-state index contributed by atoms with van der Waals surface area (Å²) in [6.07, 6.45) is 1.65.